The molecule has 140 heavy (non-hydrogen) atoms. The molecule has 22 aromatic carbocycles. The number of rotatable bonds is 11. The highest BCUT2D eigenvalue weighted by molar-refractivity contribution is 6.11. The van der Waals surface area contributed by atoms with Crippen LogP contribution in [-0.2, 0) is 16.2 Å². The van der Waals surface area contributed by atoms with Crippen LogP contribution in [0.25, 0.3) is 161 Å². The van der Waals surface area contributed by atoms with Gasteiger partial charge in [0, 0.05) is 78.0 Å². The van der Waals surface area contributed by atoms with E-state index in [9.17, 15) is 0 Å². The van der Waals surface area contributed by atoms with Crippen LogP contribution in [0.1, 0.15) is 66.8 Å². The Morgan fingerprint density at radius 2 is 0.436 bits per heavy atom. The number of hydrogen-bond donors (Lipinski definition) is 3. The number of hydrogen-bond acceptors (Lipinski definition) is 4. The van der Waals surface area contributed by atoms with E-state index in [1.54, 1.807) is 0 Å². The SMILES string of the molecule is c1cc(-c2ccc(Nc3cccc4c3-c3ccccc3C43c4ccccc4-c4ccccc43)cc2)cc(-c2ccc3oc4ccccc4c3c2)c1.c1ccc(-c2cc(Nc3cccc4c3-c3ccccc3C43c4ccccc4-c4ccccc43)cc(-c3ccccc3)c2)cc1.c1ccc2c(c1)-c1ccccc1C21c2ccccc2-c2c(Nc3ccc(-n4c5ccccc5c5ccccc54)cc3)cccc21. The summed E-state index contributed by atoms with van der Waals surface area (Å²) in [5.41, 5.74) is 52.4. The molecule has 24 aromatic rings. The largest absolute Gasteiger partial charge is 0.456 e. The van der Waals surface area contributed by atoms with Gasteiger partial charge in [-0.05, 0) is 271 Å². The minimum atomic E-state index is -0.349. The first-order valence-electron chi connectivity index (χ1n) is 48.5. The maximum Gasteiger partial charge on any atom is 0.135 e. The summed E-state index contributed by atoms with van der Waals surface area (Å²) in [4.78, 5) is 0. The van der Waals surface area contributed by atoms with Crippen molar-refractivity contribution in [3.63, 3.8) is 0 Å². The zero-order valence-corrected chi connectivity index (χ0v) is 76.4. The standard InChI is InChI=1S/C49H31NO.C43H28N2.C43H29N/c1-5-17-41-36(13-1)37-14-2-6-18-42(37)49(41)43-19-7-3-16-39(43)48-44(49)20-10-21-45(48)50-35-26-23-31(24-27-35)32-11-9-12-33(29-32)34-25-28-47-40(30-34)38-15-4-8-22-46(38)51-47;1-6-17-35-30(12-1)31-13-2-7-18-36(31)43(35)37-19-8-3-16-34(37)42-38(43)20-11-21-39(42)44-28-24-26-29(27-25-28)45-40-22-9-4-14-32(40)33-15-5-10-23-41(33)45;1-3-14-29(15-4-1)31-26-32(30-16-5-2-6-17-30)28-33(27-31)44-41-25-13-24-40-42(41)36-20-9-12-23-39(36)43(40)37-21-10-7-18-34(37)35-19-8-11-22-38(35)43/h1-30,50H;1-27,44H;1-28,44H. The Morgan fingerprint density at radius 3 is 0.843 bits per heavy atom. The third-order valence-electron chi connectivity index (χ3n) is 30.5. The number of nitrogens with zero attached hydrogens (tertiary/aromatic N) is 1. The van der Waals surface area contributed by atoms with Gasteiger partial charge in [-0.2, -0.15) is 0 Å². The third kappa shape index (κ3) is 12.0. The van der Waals surface area contributed by atoms with Crippen molar-refractivity contribution in [1.29, 1.82) is 0 Å². The van der Waals surface area contributed by atoms with E-state index in [0.717, 1.165) is 61.8 Å². The van der Waals surface area contributed by atoms with Gasteiger partial charge in [-0.15, -0.1) is 0 Å². The van der Waals surface area contributed by atoms with E-state index in [2.05, 4.69) is 524 Å². The number of furan rings is 1. The molecule has 0 amide bonds. The smallest absolute Gasteiger partial charge is 0.135 e. The van der Waals surface area contributed by atoms with Crippen molar-refractivity contribution >= 4 is 77.9 Å². The molecule has 6 aliphatic carbocycles. The van der Waals surface area contributed by atoms with Gasteiger partial charge in [0.25, 0.3) is 0 Å². The maximum absolute atomic E-state index is 6.08. The zero-order chi connectivity index (χ0) is 92.1. The second kappa shape index (κ2) is 32.0. The molecule has 2 heterocycles. The van der Waals surface area contributed by atoms with Gasteiger partial charge in [0.1, 0.15) is 11.2 Å². The number of anilines is 6. The summed E-state index contributed by atoms with van der Waals surface area (Å²) >= 11 is 0. The van der Waals surface area contributed by atoms with Crippen molar-refractivity contribution in [2.75, 3.05) is 16.0 Å². The highest BCUT2D eigenvalue weighted by atomic mass is 16.3. The molecule has 0 fully saturated rings. The van der Waals surface area contributed by atoms with Crippen LogP contribution in [0, 0.1) is 0 Å². The molecular weight excluding hydrogens is 1690 g/mol. The van der Waals surface area contributed by atoms with Crippen LogP contribution in [0.3, 0.4) is 0 Å². The molecule has 30 rings (SSSR count). The number of benzene rings is 22. The monoisotopic (exact) mass is 1780 g/mol. The van der Waals surface area contributed by atoms with E-state index in [1.807, 2.05) is 12.1 Å². The molecule has 0 saturated heterocycles. The van der Waals surface area contributed by atoms with Gasteiger partial charge in [-0.3, -0.25) is 0 Å². The lowest BCUT2D eigenvalue weighted by molar-refractivity contribution is 0.669. The average Bonchev–Trinajstić information content (AvgIpc) is 1.51. The lowest BCUT2D eigenvalue weighted by atomic mass is 9.70. The zero-order valence-electron chi connectivity index (χ0n) is 76.4. The van der Waals surface area contributed by atoms with Crippen LogP contribution in [0.4, 0.5) is 34.1 Å². The quantitative estimate of drug-likeness (QED) is 0.121. The number of aromatic nitrogens is 1. The first-order valence-corrected chi connectivity index (χ1v) is 48.5. The van der Waals surface area contributed by atoms with Gasteiger partial charge in [-0.25, -0.2) is 0 Å². The molecule has 0 bridgehead atoms. The van der Waals surface area contributed by atoms with Crippen molar-refractivity contribution < 1.29 is 4.42 Å². The molecule has 0 aliphatic heterocycles. The van der Waals surface area contributed by atoms with Crippen molar-refractivity contribution in [2.45, 2.75) is 16.2 Å². The van der Waals surface area contributed by atoms with E-state index in [-0.39, 0.29) is 16.2 Å². The Balaban J connectivity index is 0.000000103. The fraction of sp³-hybridized carbons (Fsp3) is 0.0222. The van der Waals surface area contributed by atoms with Crippen LogP contribution in [0.15, 0.2) is 520 Å². The Bertz CT molecular complexity index is 8920. The summed E-state index contributed by atoms with van der Waals surface area (Å²) in [6.45, 7) is 0. The van der Waals surface area contributed by atoms with Gasteiger partial charge in [0.05, 0.1) is 27.3 Å². The first-order chi connectivity index (χ1) is 69.4. The first kappa shape index (κ1) is 80.3. The third-order valence-corrected chi connectivity index (χ3v) is 30.5. The predicted octanol–water partition coefficient (Wildman–Crippen LogP) is 35.0. The van der Waals surface area contributed by atoms with Crippen LogP contribution in [0.2, 0.25) is 0 Å². The Kier molecular flexibility index (Phi) is 18.4. The van der Waals surface area contributed by atoms with Crippen LogP contribution in [0.5, 0.6) is 0 Å². The van der Waals surface area contributed by atoms with E-state index >= 15 is 0 Å². The molecule has 0 atom stereocenters. The number of para-hydroxylation sites is 3. The van der Waals surface area contributed by atoms with Crippen molar-refractivity contribution in [1.82, 2.24) is 4.57 Å². The van der Waals surface area contributed by atoms with Crippen molar-refractivity contribution in [3.05, 3.63) is 582 Å². The molecule has 3 N–H and O–H groups in total. The van der Waals surface area contributed by atoms with Gasteiger partial charge < -0.3 is 24.9 Å². The summed E-state index contributed by atoms with van der Waals surface area (Å²) < 4.78 is 8.44. The molecule has 6 aliphatic rings. The predicted molar refractivity (Wildman–Crippen MR) is 581 cm³/mol. The fourth-order valence-corrected chi connectivity index (χ4v) is 24.9. The van der Waals surface area contributed by atoms with Gasteiger partial charge in [0.2, 0.25) is 0 Å². The molecule has 5 nitrogen and oxygen atoms in total. The summed E-state index contributed by atoms with van der Waals surface area (Å²) in [6, 6.07) is 188. The number of fused-ring (bicyclic) bond motifs is 36. The maximum atomic E-state index is 6.08. The van der Waals surface area contributed by atoms with E-state index in [1.165, 1.54) is 200 Å². The molecule has 5 heteroatoms. The lowest BCUT2D eigenvalue weighted by Gasteiger charge is -2.30. The molecular formula is C135H88N4O. The minimum Gasteiger partial charge on any atom is -0.456 e. The topological polar surface area (TPSA) is 54.2 Å². The highest BCUT2D eigenvalue weighted by Gasteiger charge is 2.55. The van der Waals surface area contributed by atoms with Gasteiger partial charge >= 0.3 is 0 Å². The molecule has 2 aromatic heterocycles. The van der Waals surface area contributed by atoms with Crippen molar-refractivity contribution in [3.8, 4) is 117 Å². The molecule has 3 spiro atoms. The molecule has 0 saturated carbocycles. The summed E-state index contributed by atoms with van der Waals surface area (Å²) in [7, 11) is 0. The minimum absolute atomic E-state index is 0.336. The van der Waals surface area contributed by atoms with E-state index in [0.29, 0.717) is 0 Å². The summed E-state index contributed by atoms with van der Waals surface area (Å²) in [5, 5.41) is 16.4. The Morgan fingerprint density at radius 1 is 0.164 bits per heavy atom. The van der Waals surface area contributed by atoms with Crippen LogP contribution in [-0.4, -0.2) is 4.57 Å². The fourth-order valence-electron chi connectivity index (χ4n) is 24.9. The lowest BCUT2D eigenvalue weighted by Crippen LogP contribution is -2.25. The van der Waals surface area contributed by atoms with Gasteiger partial charge in [0.15, 0.2) is 0 Å². The average molecular weight is 1780 g/mol. The van der Waals surface area contributed by atoms with E-state index < -0.39 is 0 Å². The summed E-state index contributed by atoms with van der Waals surface area (Å²) in [6.07, 6.45) is 0. The second-order valence-electron chi connectivity index (χ2n) is 37.6. The second-order valence-corrected chi connectivity index (χ2v) is 37.6. The Labute approximate surface area is 812 Å². The molecule has 654 valence electrons. The number of nitrogens with one attached hydrogen (secondary N) is 3. The van der Waals surface area contributed by atoms with E-state index in [4.69, 9.17) is 4.42 Å². The van der Waals surface area contributed by atoms with Crippen LogP contribution < -0.4 is 16.0 Å². The normalized spacial score (nSPS) is 13.3. The summed E-state index contributed by atoms with van der Waals surface area (Å²) in [5.74, 6) is 0. The highest BCUT2D eigenvalue weighted by Crippen LogP contribution is 2.68. The van der Waals surface area contributed by atoms with Crippen LogP contribution >= 0.6 is 0 Å². The molecule has 0 radical (unpaired) electrons. The molecule has 0 unspecified atom stereocenters. The van der Waals surface area contributed by atoms with Crippen molar-refractivity contribution in [2.24, 2.45) is 0 Å². The van der Waals surface area contributed by atoms with Gasteiger partial charge in [-0.1, -0.05) is 406 Å². The Hall–Kier alpha value is -18.2.